The Balaban J connectivity index is 2.34. The number of aromatic nitrogens is 1. The van der Waals surface area contributed by atoms with Crippen LogP contribution in [0.1, 0.15) is 38.8 Å². The smallest absolute Gasteiger partial charge is 0.400 e. The lowest BCUT2D eigenvalue weighted by molar-refractivity contribution is 0.00578. The number of hydrogen-bond donors (Lipinski definition) is 1. The fraction of sp³-hybridized carbons (Fsp3) is 0.500. The monoisotopic (exact) mass is 333 g/mol. The van der Waals surface area contributed by atoms with Crippen LogP contribution in [0, 0.1) is 11.3 Å². The second kappa shape index (κ2) is 6.62. The Bertz CT molecular complexity index is 652. The van der Waals surface area contributed by atoms with E-state index in [-0.39, 0.29) is 5.15 Å². The van der Waals surface area contributed by atoms with Crippen molar-refractivity contribution in [2.24, 2.45) is 0 Å². The lowest BCUT2D eigenvalue weighted by atomic mass is 9.77. The van der Waals surface area contributed by atoms with Gasteiger partial charge in [-0.15, -0.1) is 0 Å². The SMILES string of the molecule is CNCC(=Cc1cnc(Cl)c(C#N)c1)B1OC(C)(C)C(C)(C)O1. The number of halogens is 1. The van der Waals surface area contributed by atoms with Gasteiger partial charge in [0.1, 0.15) is 11.2 Å². The molecular weight excluding hydrogens is 312 g/mol. The van der Waals surface area contributed by atoms with Gasteiger partial charge in [0, 0.05) is 12.7 Å². The number of nitriles is 1. The van der Waals surface area contributed by atoms with E-state index in [9.17, 15) is 0 Å². The highest BCUT2D eigenvalue weighted by Crippen LogP contribution is 2.38. The maximum absolute atomic E-state index is 9.07. The van der Waals surface area contributed by atoms with Gasteiger partial charge in [0.15, 0.2) is 0 Å². The first-order chi connectivity index (χ1) is 10.7. The molecule has 1 aliphatic rings. The molecule has 1 saturated heterocycles. The van der Waals surface area contributed by atoms with Crippen LogP contribution in [0.2, 0.25) is 5.15 Å². The van der Waals surface area contributed by atoms with Crippen molar-refractivity contribution >= 4 is 24.8 Å². The molecule has 0 spiro atoms. The van der Waals surface area contributed by atoms with Crippen molar-refractivity contribution in [1.82, 2.24) is 10.3 Å². The van der Waals surface area contributed by atoms with Crippen molar-refractivity contribution in [1.29, 1.82) is 5.26 Å². The molecule has 2 heterocycles. The normalized spacial score (nSPS) is 19.7. The molecule has 1 aromatic heterocycles. The minimum atomic E-state index is -0.450. The topological polar surface area (TPSA) is 67.2 Å². The quantitative estimate of drug-likeness (QED) is 0.678. The van der Waals surface area contributed by atoms with Gasteiger partial charge in [0.25, 0.3) is 0 Å². The van der Waals surface area contributed by atoms with E-state index in [4.69, 9.17) is 26.2 Å². The molecule has 0 radical (unpaired) electrons. The van der Waals surface area contributed by atoms with Crippen molar-refractivity contribution in [3.05, 3.63) is 34.0 Å². The van der Waals surface area contributed by atoms with Gasteiger partial charge >= 0.3 is 7.12 Å². The lowest BCUT2D eigenvalue weighted by Crippen LogP contribution is -2.41. The Hall–Kier alpha value is -1.39. The maximum Gasteiger partial charge on any atom is 0.491 e. The zero-order valence-corrected chi connectivity index (χ0v) is 14.9. The predicted octanol–water partition coefficient (Wildman–Crippen LogP) is 2.84. The number of likely N-dealkylation sites (N-methyl/N-ethyl adjacent to an activating group) is 1. The fourth-order valence-corrected chi connectivity index (χ4v) is 2.38. The minimum Gasteiger partial charge on any atom is -0.400 e. The molecule has 0 bridgehead atoms. The first kappa shape index (κ1) is 18.0. The summed E-state index contributed by atoms with van der Waals surface area (Å²) in [5.74, 6) is 0. The van der Waals surface area contributed by atoms with Gasteiger partial charge in [-0.2, -0.15) is 5.26 Å². The summed E-state index contributed by atoms with van der Waals surface area (Å²) in [4.78, 5) is 4.04. The molecule has 7 heteroatoms. The van der Waals surface area contributed by atoms with Gasteiger partial charge in [0.2, 0.25) is 0 Å². The summed E-state index contributed by atoms with van der Waals surface area (Å²) in [5, 5.41) is 12.4. The molecular formula is C16H21BClN3O2. The lowest BCUT2D eigenvalue weighted by Gasteiger charge is -2.32. The van der Waals surface area contributed by atoms with Crippen LogP contribution in [0.15, 0.2) is 17.7 Å². The van der Waals surface area contributed by atoms with E-state index in [0.29, 0.717) is 12.1 Å². The molecule has 0 aromatic carbocycles. The molecule has 1 aliphatic heterocycles. The molecule has 0 amide bonds. The van der Waals surface area contributed by atoms with Gasteiger partial charge in [-0.3, -0.25) is 0 Å². The third-order valence-corrected chi connectivity index (χ3v) is 4.57. The Kier molecular flexibility index (Phi) is 5.17. The minimum absolute atomic E-state index is 0.204. The summed E-state index contributed by atoms with van der Waals surface area (Å²) >= 11 is 5.88. The molecule has 0 unspecified atom stereocenters. The largest absolute Gasteiger partial charge is 0.491 e. The Morgan fingerprint density at radius 2 is 2.00 bits per heavy atom. The third kappa shape index (κ3) is 3.76. The molecule has 1 fully saturated rings. The zero-order valence-electron chi connectivity index (χ0n) is 14.1. The number of nitrogens with zero attached hydrogens (tertiary/aromatic N) is 2. The van der Waals surface area contributed by atoms with Crippen molar-refractivity contribution in [3.63, 3.8) is 0 Å². The summed E-state index contributed by atoms with van der Waals surface area (Å²) in [7, 11) is 1.41. The zero-order chi connectivity index (χ0) is 17.3. The molecule has 0 saturated carbocycles. The molecule has 1 N–H and O–H groups in total. The fourth-order valence-electron chi connectivity index (χ4n) is 2.24. The van der Waals surface area contributed by atoms with Crippen molar-refractivity contribution in [2.75, 3.05) is 13.6 Å². The number of hydrogen-bond acceptors (Lipinski definition) is 5. The summed E-state index contributed by atoms with van der Waals surface area (Å²) in [6.07, 6.45) is 3.55. The number of nitrogens with one attached hydrogen (secondary N) is 1. The van der Waals surface area contributed by atoms with Crippen LogP contribution in [0.3, 0.4) is 0 Å². The van der Waals surface area contributed by atoms with Crippen LogP contribution in [0.25, 0.3) is 6.08 Å². The van der Waals surface area contributed by atoms with E-state index in [1.807, 2.05) is 46.9 Å². The van der Waals surface area contributed by atoms with Gasteiger partial charge in [-0.25, -0.2) is 4.98 Å². The summed E-state index contributed by atoms with van der Waals surface area (Å²) in [5.41, 5.74) is 1.25. The van der Waals surface area contributed by atoms with Gasteiger partial charge in [-0.1, -0.05) is 17.7 Å². The average Bonchev–Trinajstić information content (AvgIpc) is 2.69. The van der Waals surface area contributed by atoms with Crippen LogP contribution in [-0.2, 0) is 9.31 Å². The van der Waals surface area contributed by atoms with E-state index < -0.39 is 18.3 Å². The average molecular weight is 334 g/mol. The molecule has 23 heavy (non-hydrogen) atoms. The first-order valence-electron chi connectivity index (χ1n) is 7.46. The molecule has 2 rings (SSSR count). The molecule has 5 nitrogen and oxygen atoms in total. The highest BCUT2D eigenvalue weighted by molar-refractivity contribution is 6.55. The van der Waals surface area contributed by atoms with Crippen molar-refractivity contribution < 1.29 is 9.31 Å². The molecule has 0 atom stereocenters. The second-order valence-electron chi connectivity index (χ2n) is 6.56. The van der Waals surface area contributed by atoms with Crippen LogP contribution in [-0.4, -0.2) is 36.9 Å². The Labute approximate surface area is 142 Å². The molecule has 122 valence electrons. The van der Waals surface area contributed by atoms with E-state index in [2.05, 4.69) is 10.3 Å². The van der Waals surface area contributed by atoms with Gasteiger partial charge < -0.3 is 14.6 Å². The van der Waals surface area contributed by atoms with E-state index >= 15 is 0 Å². The van der Waals surface area contributed by atoms with Gasteiger partial charge in [-0.05, 0) is 51.8 Å². The van der Waals surface area contributed by atoms with Crippen molar-refractivity contribution in [2.45, 2.75) is 38.9 Å². The highest BCUT2D eigenvalue weighted by atomic mass is 35.5. The van der Waals surface area contributed by atoms with E-state index in [1.165, 1.54) is 0 Å². The summed E-state index contributed by atoms with van der Waals surface area (Å²) < 4.78 is 12.2. The third-order valence-electron chi connectivity index (χ3n) is 4.27. The van der Waals surface area contributed by atoms with Crippen LogP contribution < -0.4 is 5.32 Å². The van der Waals surface area contributed by atoms with E-state index in [1.54, 1.807) is 12.3 Å². The van der Waals surface area contributed by atoms with Crippen LogP contribution in [0.5, 0.6) is 0 Å². The summed E-state index contributed by atoms with van der Waals surface area (Å²) in [6, 6.07) is 3.74. The highest BCUT2D eigenvalue weighted by Gasteiger charge is 2.52. The Morgan fingerprint density at radius 1 is 1.39 bits per heavy atom. The standard InChI is InChI=1S/C16H21BClN3O2/c1-15(2)16(3,4)23-17(22-15)13(10-20-5)7-11-6-12(8-19)14(18)21-9-11/h6-7,9,20H,10H2,1-5H3. The van der Waals surface area contributed by atoms with Gasteiger partial charge in [0.05, 0.1) is 16.8 Å². The number of rotatable bonds is 4. The van der Waals surface area contributed by atoms with Crippen LogP contribution >= 0.6 is 11.6 Å². The molecule has 0 aliphatic carbocycles. The predicted molar refractivity (Wildman–Crippen MR) is 91.9 cm³/mol. The Morgan fingerprint density at radius 3 is 2.52 bits per heavy atom. The molecule has 1 aromatic rings. The second-order valence-corrected chi connectivity index (χ2v) is 6.91. The first-order valence-corrected chi connectivity index (χ1v) is 7.84. The summed E-state index contributed by atoms with van der Waals surface area (Å²) in [6.45, 7) is 8.66. The van der Waals surface area contributed by atoms with Crippen LogP contribution in [0.4, 0.5) is 0 Å². The van der Waals surface area contributed by atoms with E-state index in [0.717, 1.165) is 11.0 Å². The maximum atomic E-state index is 9.07. The number of pyridine rings is 1. The van der Waals surface area contributed by atoms with Crippen molar-refractivity contribution in [3.8, 4) is 6.07 Å².